The van der Waals surface area contributed by atoms with Crippen molar-refractivity contribution < 1.29 is 4.42 Å². The van der Waals surface area contributed by atoms with Crippen molar-refractivity contribution in [1.82, 2.24) is 0 Å². The lowest BCUT2D eigenvalue weighted by Crippen LogP contribution is -1.92. The Morgan fingerprint density at radius 1 is 1.12 bits per heavy atom. The molecule has 1 heterocycles. The lowest BCUT2D eigenvalue weighted by atomic mass is 10.0. The van der Waals surface area contributed by atoms with Crippen molar-refractivity contribution in [2.24, 2.45) is 0 Å². The Hall–Kier alpha value is -1.02. The summed E-state index contributed by atoms with van der Waals surface area (Å²) in [5.41, 5.74) is 3.88. The molecule has 0 aliphatic carbocycles. The smallest absolute Gasteiger partial charge is 0.122 e. The number of halogens is 1. The number of hydrogen-bond donors (Lipinski definition) is 0. The molecule has 1 unspecified atom stereocenters. The van der Waals surface area contributed by atoms with Gasteiger partial charge in [-0.1, -0.05) is 41.1 Å². The molecular weight excluding hydrogens is 276 g/mol. The van der Waals surface area contributed by atoms with Gasteiger partial charge in [0.15, 0.2) is 0 Å². The molecule has 0 saturated heterocycles. The quantitative estimate of drug-likeness (QED) is 0.730. The van der Waals surface area contributed by atoms with Crippen LogP contribution in [-0.2, 0) is 6.42 Å². The van der Waals surface area contributed by atoms with E-state index in [1.165, 1.54) is 16.7 Å². The summed E-state index contributed by atoms with van der Waals surface area (Å²) in [4.78, 5) is 0.141. The SMILES string of the molecule is CCc1ccc(C(Br)c2ccc(C)c(C)c2)o1. The zero-order valence-electron chi connectivity index (χ0n) is 10.5. The van der Waals surface area contributed by atoms with Gasteiger partial charge in [0.05, 0.1) is 4.83 Å². The van der Waals surface area contributed by atoms with Crippen LogP contribution in [0.1, 0.15) is 40.0 Å². The minimum absolute atomic E-state index is 0.141. The highest BCUT2D eigenvalue weighted by molar-refractivity contribution is 9.09. The zero-order chi connectivity index (χ0) is 12.4. The molecule has 1 atom stereocenters. The second kappa shape index (κ2) is 5.09. The Balaban J connectivity index is 2.29. The molecule has 90 valence electrons. The molecule has 0 N–H and O–H groups in total. The average molecular weight is 293 g/mol. The lowest BCUT2D eigenvalue weighted by molar-refractivity contribution is 0.477. The molecule has 0 aliphatic rings. The summed E-state index contributed by atoms with van der Waals surface area (Å²) in [6.45, 7) is 6.37. The van der Waals surface area contributed by atoms with Gasteiger partial charge < -0.3 is 4.42 Å². The summed E-state index contributed by atoms with van der Waals surface area (Å²) in [5.74, 6) is 2.01. The fourth-order valence-electron chi connectivity index (χ4n) is 1.81. The van der Waals surface area contributed by atoms with Crippen LogP contribution in [0.15, 0.2) is 34.7 Å². The third kappa shape index (κ3) is 2.63. The highest BCUT2D eigenvalue weighted by Crippen LogP contribution is 2.32. The summed E-state index contributed by atoms with van der Waals surface area (Å²) in [7, 11) is 0. The normalized spacial score (nSPS) is 12.7. The fraction of sp³-hybridized carbons (Fsp3) is 0.333. The first-order valence-corrected chi connectivity index (χ1v) is 6.83. The van der Waals surface area contributed by atoms with Crippen LogP contribution in [0, 0.1) is 13.8 Å². The van der Waals surface area contributed by atoms with Crippen molar-refractivity contribution in [3.05, 3.63) is 58.5 Å². The van der Waals surface area contributed by atoms with Crippen molar-refractivity contribution in [2.75, 3.05) is 0 Å². The van der Waals surface area contributed by atoms with Gasteiger partial charge in [0.1, 0.15) is 11.5 Å². The van der Waals surface area contributed by atoms with Crippen LogP contribution < -0.4 is 0 Å². The van der Waals surface area contributed by atoms with E-state index in [0.29, 0.717) is 0 Å². The van der Waals surface area contributed by atoms with E-state index in [9.17, 15) is 0 Å². The molecule has 0 bridgehead atoms. The van der Waals surface area contributed by atoms with Gasteiger partial charge in [0.25, 0.3) is 0 Å². The molecule has 1 aromatic carbocycles. The van der Waals surface area contributed by atoms with E-state index >= 15 is 0 Å². The van der Waals surface area contributed by atoms with Gasteiger partial charge >= 0.3 is 0 Å². The first-order valence-electron chi connectivity index (χ1n) is 5.91. The van der Waals surface area contributed by atoms with Crippen LogP contribution in [-0.4, -0.2) is 0 Å². The maximum atomic E-state index is 5.77. The van der Waals surface area contributed by atoms with E-state index in [4.69, 9.17) is 4.42 Å². The summed E-state index contributed by atoms with van der Waals surface area (Å²) in [6, 6.07) is 10.6. The first-order chi connectivity index (χ1) is 8.11. The van der Waals surface area contributed by atoms with E-state index < -0.39 is 0 Å². The van der Waals surface area contributed by atoms with Gasteiger partial charge in [0.2, 0.25) is 0 Å². The second-order valence-electron chi connectivity index (χ2n) is 4.36. The van der Waals surface area contributed by atoms with Crippen LogP contribution in [0.4, 0.5) is 0 Å². The second-order valence-corrected chi connectivity index (χ2v) is 5.28. The van der Waals surface area contributed by atoms with E-state index in [0.717, 1.165) is 17.9 Å². The predicted molar refractivity (Wildman–Crippen MR) is 74.8 cm³/mol. The topological polar surface area (TPSA) is 13.1 Å². The maximum absolute atomic E-state index is 5.77. The number of alkyl halides is 1. The molecule has 0 radical (unpaired) electrons. The summed E-state index contributed by atoms with van der Waals surface area (Å²) >= 11 is 3.70. The number of furan rings is 1. The van der Waals surface area contributed by atoms with Gasteiger partial charge in [-0.05, 0) is 42.7 Å². The van der Waals surface area contributed by atoms with Crippen molar-refractivity contribution in [2.45, 2.75) is 32.0 Å². The Bertz CT molecular complexity index is 513. The molecule has 2 rings (SSSR count). The molecule has 2 aromatic rings. The highest BCUT2D eigenvalue weighted by Gasteiger charge is 2.14. The summed E-state index contributed by atoms with van der Waals surface area (Å²) < 4.78 is 5.77. The van der Waals surface area contributed by atoms with Gasteiger partial charge in [0, 0.05) is 6.42 Å². The van der Waals surface area contributed by atoms with Gasteiger partial charge in [-0.2, -0.15) is 0 Å². The molecule has 17 heavy (non-hydrogen) atoms. The number of aryl methyl sites for hydroxylation is 3. The summed E-state index contributed by atoms with van der Waals surface area (Å²) in [6.07, 6.45) is 0.937. The minimum atomic E-state index is 0.141. The van der Waals surface area contributed by atoms with E-state index in [1.54, 1.807) is 0 Å². The Morgan fingerprint density at radius 2 is 1.88 bits per heavy atom. The third-order valence-electron chi connectivity index (χ3n) is 3.10. The standard InChI is InChI=1S/C15H17BrO/c1-4-13-7-8-14(17-13)15(16)12-6-5-10(2)11(3)9-12/h5-9,15H,4H2,1-3H3. The van der Waals surface area contributed by atoms with Crippen LogP contribution in [0.3, 0.4) is 0 Å². The van der Waals surface area contributed by atoms with E-state index in [-0.39, 0.29) is 4.83 Å². The maximum Gasteiger partial charge on any atom is 0.122 e. The fourth-order valence-corrected chi connectivity index (χ4v) is 2.34. The molecule has 1 aromatic heterocycles. The monoisotopic (exact) mass is 292 g/mol. The zero-order valence-corrected chi connectivity index (χ0v) is 12.0. The van der Waals surface area contributed by atoms with E-state index in [1.807, 2.05) is 12.1 Å². The molecule has 0 fully saturated rings. The Labute approximate surface area is 111 Å². The molecule has 0 saturated carbocycles. The largest absolute Gasteiger partial charge is 0.465 e. The van der Waals surface area contributed by atoms with Crippen LogP contribution >= 0.6 is 15.9 Å². The van der Waals surface area contributed by atoms with Crippen molar-refractivity contribution in [3.63, 3.8) is 0 Å². The van der Waals surface area contributed by atoms with Gasteiger partial charge in [-0.3, -0.25) is 0 Å². The Morgan fingerprint density at radius 3 is 2.47 bits per heavy atom. The van der Waals surface area contributed by atoms with Crippen molar-refractivity contribution in [3.8, 4) is 0 Å². The minimum Gasteiger partial charge on any atom is -0.465 e. The molecule has 2 heteroatoms. The average Bonchev–Trinajstić information content (AvgIpc) is 2.80. The predicted octanol–water partition coefficient (Wildman–Crippen LogP) is 4.94. The van der Waals surface area contributed by atoms with Crippen LogP contribution in [0.25, 0.3) is 0 Å². The number of hydrogen-bond acceptors (Lipinski definition) is 1. The first kappa shape index (κ1) is 12.4. The highest BCUT2D eigenvalue weighted by atomic mass is 79.9. The third-order valence-corrected chi connectivity index (χ3v) is 4.08. The molecule has 1 nitrogen and oxygen atoms in total. The van der Waals surface area contributed by atoms with Crippen LogP contribution in [0.2, 0.25) is 0 Å². The van der Waals surface area contributed by atoms with Crippen LogP contribution in [0.5, 0.6) is 0 Å². The summed E-state index contributed by atoms with van der Waals surface area (Å²) in [5, 5.41) is 0. The van der Waals surface area contributed by atoms with E-state index in [2.05, 4.69) is 54.9 Å². The number of benzene rings is 1. The van der Waals surface area contributed by atoms with Gasteiger partial charge in [-0.25, -0.2) is 0 Å². The van der Waals surface area contributed by atoms with Crippen molar-refractivity contribution in [1.29, 1.82) is 0 Å². The molecule has 0 amide bonds. The molecule has 0 aliphatic heterocycles. The van der Waals surface area contributed by atoms with Crippen molar-refractivity contribution >= 4 is 15.9 Å². The lowest BCUT2D eigenvalue weighted by Gasteiger charge is -2.09. The number of rotatable bonds is 3. The molecule has 0 spiro atoms. The van der Waals surface area contributed by atoms with Gasteiger partial charge in [-0.15, -0.1) is 0 Å². The molecular formula is C15H17BrO. The Kier molecular flexibility index (Phi) is 3.72.